The zero-order valence-electron chi connectivity index (χ0n) is 35.1. The summed E-state index contributed by atoms with van der Waals surface area (Å²) in [4.78, 5) is 0. The molecule has 0 aliphatic heterocycles. The van der Waals surface area contributed by atoms with Crippen LogP contribution in [0.5, 0.6) is 0 Å². The topological polar surface area (TPSA) is 13.1 Å². The smallest absolute Gasteiger partial charge is 0.143 e. The third kappa shape index (κ3) is 4.16. The van der Waals surface area contributed by atoms with Gasteiger partial charge in [-0.25, -0.2) is 0 Å². The molecule has 0 spiro atoms. The molecule has 0 amide bonds. The maximum Gasteiger partial charge on any atom is 0.143 e. The lowest BCUT2D eigenvalue weighted by Crippen LogP contribution is -1.91. The Morgan fingerprint density at radius 1 is 0.353 bits per heavy atom. The summed E-state index contributed by atoms with van der Waals surface area (Å²) < 4.78 is 79.7. The van der Waals surface area contributed by atoms with Crippen LogP contribution < -0.4 is 0 Å². The van der Waals surface area contributed by atoms with Gasteiger partial charge in [-0.1, -0.05) is 170 Å². The quantitative estimate of drug-likeness (QED) is 0.173. The minimum atomic E-state index is -0.428. The van der Waals surface area contributed by atoms with E-state index in [1.807, 2.05) is 91.0 Å². The number of rotatable bonds is 3. The van der Waals surface area contributed by atoms with E-state index in [1.54, 1.807) is 0 Å². The predicted molar refractivity (Wildman–Crippen MR) is 218 cm³/mol. The molecule has 0 saturated carbocycles. The molecule has 0 atom stereocenters. The van der Waals surface area contributed by atoms with Gasteiger partial charge >= 0.3 is 0 Å². The Morgan fingerprint density at radius 2 is 0.882 bits per heavy atom. The van der Waals surface area contributed by atoms with Crippen molar-refractivity contribution in [1.82, 2.24) is 0 Å². The van der Waals surface area contributed by atoms with Crippen LogP contribution in [0.2, 0.25) is 0 Å². The van der Waals surface area contributed by atoms with E-state index >= 15 is 0 Å². The standard InChI is InChI=1S/C50H30O/c1-4-16-36-31(12-1)15-11-23-39(36)47-42-21-9-7-19-40(42)46(41-20-8-10-22-43(41)47)34-26-24-33(25-27-34)45-30-35-14-3-6-18-38(35)50-48(45)44-29-28-32-13-2-5-17-37(32)49(44)51-50/h1-30H/i7D,8D,9D,10D,19D,20D,21D,22D. The van der Waals surface area contributed by atoms with Crippen LogP contribution >= 0.6 is 0 Å². The predicted octanol–water partition coefficient (Wildman–Crippen LogP) is 14.4. The number of hydrogen-bond acceptors (Lipinski definition) is 1. The Bertz CT molecular complexity index is 3560. The number of furan rings is 1. The first kappa shape index (κ1) is 21.4. The van der Waals surface area contributed by atoms with Crippen molar-refractivity contribution in [2.75, 3.05) is 0 Å². The van der Waals surface area contributed by atoms with E-state index in [1.165, 1.54) is 0 Å². The van der Waals surface area contributed by atoms with E-state index in [-0.39, 0.29) is 45.7 Å². The average molecular weight is 655 g/mol. The van der Waals surface area contributed by atoms with Gasteiger partial charge in [-0.3, -0.25) is 0 Å². The first-order chi connectivity index (χ1) is 28.6. The summed E-state index contributed by atoms with van der Waals surface area (Å²) >= 11 is 0. The van der Waals surface area contributed by atoms with Crippen LogP contribution in [0.15, 0.2) is 186 Å². The number of benzene rings is 10. The Morgan fingerprint density at radius 3 is 1.57 bits per heavy atom. The summed E-state index contributed by atoms with van der Waals surface area (Å²) in [5.41, 5.74) is 5.21. The van der Waals surface area contributed by atoms with Crippen LogP contribution in [-0.2, 0) is 0 Å². The molecule has 236 valence electrons. The second-order valence-electron chi connectivity index (χ2n) is 13.0. The summed E-state index contributed by atoms with van der Waals surface area (Å²) in [7, 11) is 0. The fraction of sp³-hybridized carbons (Fsp3) is 0. The molecule has 10 aromatic carbocycles. The molecule has 1 heteroatoms. The second-order valence-corrected chi connectivity index (χ2v) is 13.0. The number of hydrogen-bond donors (Lipinski definition) is 0. The summed E-state index contributed by atoms with van der Waals surface area (Å²) in [6.07, 6.45) is 0. The highest BCUT2D eigenvalue weighted by molar-refractivity contribution is 6.26. The zero-order chi connectivity index (χ0) is 40.4. The molecular formula is C50H30O. The molecule has 0 aliphatic carbocycles. The number of fused-ring (bicyclic) bond motifs is 10. The van der Waals surface area contributed by atoms with Gasteiger partial charge in [0.25, 0.3) is 0 Å². The molecule has 0 saturated heterocycles. The first-order valence-electron chi connectivity index (χ1n) is 20.9. The molecule has 1 aromatic heterocycles. The van der Waals surface area contributed by atoms with Crippen molar-refractivity contribution in [2.24, 2.45) is 0 Å². The molecule has 0 aliphatic rings. The van der Waals surface area contributed by atoms with E-state index in [0.29, 0.717) is 22.3 Å². The Balaban J connectivity index is 1.25. The van der Waals surface area contributed by atoms with Crippen LogP contribution in [0.25, 0.3) is 109 Å². The largest absolute Gasteiger partial charge is 0.455 e. The molecule has 0 radical (unpaired) electrons. The lowest BCUT2D eigenvalue weighted by Gasteiger charge is -2.19. The van der Waals surface area contributed by atoms with E-state index in [0.717, 1.165) is 65.4 Å². The summed E-state index contributed by atoms with van der Waals surface area (Å²) in [6, 6.07) is 40.8. The fourth-order valence-electron chi connectivity index (χ4n) is 8.01. The van der Waals surface area contributed by atoms with Crippen molar-refractivity contribution < 1.29 is 15.4 Å². The van der Waals surface area contributed by atoms with E-state index in [4.69, 9.17) is 9.90 Å². The van der Waals surface area contributed by atoms with E-state index < -0.39 is 24.2 Å². The average Bonchev–Trinajstić information content (AvgIpc) is 3.68. The van der Waals surface area contributed by atoms with Crippen molar-refractivity contribution in [3.63, 3.8) is 0 Å². The van der Waals surface area contributed by atoms with Gasteiger partial charge < -0.3 is 4.42 Å². The molecule has 1 heterocycles. The third-order valence-corrected chi connectivity index (χ3v) is 10.3. The minimum Gasteiger partial charge on any atom is -0.455 e. The van der Waals surface area contributed by atoms with Gasteiger partial charge in [-0.15, -0.1) is 0 Å². The van der Waals surface area contributed by atoms with E-state index in [9.17, 15) is 5.48 Å². The van der Waals surface area contributed by atoms with Crippen molar-refractivity contribution >= 4 is 75.8 Å². The molecule has 0 N–H and O–H groups in total. The van der Waals surface area contributed by atoms with Crippen molar-refractivity contribution in [3.8, 4) is 33.4 Å². The van der Waals surface area contributed by atoms with Gasteiger partial charge in [0.05, 0.1) is 11.0 Å². The maximum absolute atomic E-state index is 9.40. The molecule has 11 rings (SSSR count). The van der Waals surface area contributed by atoms with Gasteiger partial charge in [0, 0.05) is 21.5 Å². The Labute approximate surface area is 305 Å². The highest BCUT2D eigenvalue weighted by atomic mass is 16.3. The fourth-order valence-corrected chi connectivity index (χ4v) is 8.01. The SMILES string of the molecule is [2H]c1c([2H])c([2H])c2c(-c3cccc4ccccc34)c3c([2H])c([2H])c([2H])c([2H])c3c(-c3ccc(-c4cc5ccccc5c5oc6c7ccccc7ccc6c45)cc3)c2c1[2H]. The van der Waals surface area contributed by atoms with Gasteiger partial charge in [0.15, 0.2) is 0 Å². The first-order valence-corrected chi connectivity index (χ1v) is 16.9. The van der Waals surface area contributed by atoms with Crippen molar-refractivity contribution in [3.05, 3.63) is 182 Å². The summed E-state index contributed by atoms with van der Waals surface area (Å²) in [6.45, 7) is 0. The summed E-state index contributed by atoms with van der Waals surface area (Å²) in [5, 5.41) is 8.48. The lowest BCUT2D eigenvalue weighted by molar-refractivity contribution is 0.676. The Kier molecular flexibility index (Phi) is 4.57. The van der Waals surface area contributed by atoms with Gasteiger partial charge in [0.1, 0.15) is 11.2 Å². The molecule has 51 heavy (non-hydrogen) atoms. The lowest BCUT2D eigenvalue weighted by atomic mass is 9.84. The normalized spacial score (nSPS) is 14.1. The van der Waals surface area contributed by atoms with Gasteiger partial charge in [0.2, 0.25) is 0 Å². The van der Waals surface area contributed by atoms with Crippen LogP contribution in [-0.4, -0.2) is 0 Å². The van der Waals surface area contributed by atoms with Crippen LogP contribution in [0.1, 0.15) is 11.0 Å². The van der Waals surface area contributed by atoms with E-state index in [2.05, 4.69) is 42.5 Å². The molecular weight excluding hydrogens is 617 g/mol. The van der Waals surface area contributed by atoms with Crippen molar-refractivity contribution in [1.29, 1.82) is 0 Å². The van der Waals surface area contributed by atoms with Crippen LogP contribution in [0, 0.1) is 0 Å². The highest BCUT2D eigenvalue weighted by Crippen LogP contribution is 2.47. The molecule has 11 aromatic rings. The third-order valence-electron chi connectivity index (χ3n) is 10.3. The molecule has 1 nitrogen and oxygen atoms in total. The van der Waals surface area contributed by atoms with Crippen LogP contribution in [0.3, 0.4) is 0 Å². The minimum absolute atomic E-state index is 0.185. The molecule has 0 fully saturated rings. The Hall–Kier alpha value is -6.70. The molecule has 0 unspecified atom stereocenters. The monoisotopic (exact) mass is 654 g/mol. The maximum atomic E-state index is 9.40. The van der Waals surface area contributed by atoms with Gasteiger partial charge in [-0.05, 0) is 88.6 Å². The highest BCUT2D eigenvalue weighted by Gasteiger charge is 2.20. The van der Waals surface area contributed by atoms with Crippen molar-refractivity contribution in [2.45, 2.75) is 0 Å². The van der Waals surface area contributed by atoms with Gasteiger partial charge in [-0.2, -0.15) is 0 Å². The zero-order valence-corrected chi connectivity index (χ0v) is 27.1. The molecule has 0 bridgehead atoms. The second kappa shape index (κ2) is 10.9. The summed E-state index contributed by atoms with van der Waals surface area (Å²) in [5.74, 6) is 0. The van der Waals surface area contributed by atoms with Crippen LogP contribution in [0.4, 0.5) is 0 Å².